The molecule has 0 spiro atoms. The maximum absolute atomic E-state index is 10.8. The van der Waals surface area contributed by atoms with E-state index in [2.05, 4.69) is 47.5 Å². The zero-order chi connectivity index (χ0) is 18.0. The van der Waals surface area contributed by atoms with Crippen LogP contribution in [0.15, 0.2) is 65.4 Å². The molecule has 0 saturated heterocycles. The Kier molecular flexibility index (Phi) is 4.27. The highest BCUT2D eigenvalue weighted by Gasteiger charge is 2.37. The number of hydrogen-bond donors (Lipinski definition) is 1. The van der Waals surface area contributed by atoms with Gasteiger partial charge < -0.3 is 4.90 Å². The maximum atomic E-state index is 10.8. The van der Waals surface area contributed by atoms with Crippen molar-refractivity contribution in [2.75, 3.05) is 17.4 Å². The summed E-state index contributed by atoms with van der Waals surface area (Å²) < 4.78 is 0. The Morgan fingerprint density at radius 1 is 1.20 bits per heavy atom. The number of nitro groups is 1. The number of nitro benzene ring substituents is 1. The number of hydrogen-bond acceptors (Lipinski definition) is 5. The van der Waals surface area contributed by atoms with Gasteiger partial charge in [-0.15, -0.1) is 0 Å². The van der Waals surface area contributed by atoms with Crippen LogP contribution >= 0.6 is 0 Å². The molecule has 0 fully saturated rings. The fourth-order valence-electron chi connectivity index (χ4n) is 3.21. The minimum absolute atomic E-state index is 0.0330. The number of para-hydroxylation sites is 1. The van der Waals surface area contributed by atoms with Gasteiger partial charge in [0.25, 0.3) is 5.69 Å². The number of nitrogens with zero attached hydrogens (tertiary/aromatic N) is 3. The molecule has 0 amide bonds. The van der Waals surface area contributed by atoms with Crippen molar-refractivity contribution in [1.82, 2.24) is 0 Å². The fourth-order valence-corrected chi connectivity index (χ4v) is 3.21. The first kappa shape index (κ1) is 16.7. The zero-order valence-electron chi connectivity index (χ0n) is 14.4. The third kappa shape index (κ3) is 3.10. The monoisotopic (exact) mass is 336 g/mol. The van der Waals surface area contributed by atoms with Gasteiger partial charge in [-0.3, -0.25) is 15.5 Å². The van der Waals surface area contributed by atoms with Gasteiger partial charge in [0.15, 0.2) is 0 Å². The van der Waals surface area contributed by atoms with Crippen LogP contribution in [0.2, 0.25) is 0 Å². The summed E-state index contributed by atoms with van der Waals surface area (Å²) in [7, 11) is 2.04. The first-order valence-corrected chi connectivity index (χ1v) is 7.99. The van der Waals surface area contributed by atoms with Crippen molar-refractivity contribution in [2.45, 2.75) is 19.3 Å². The topological polar surface area (TPSA) is 70.8 Å². The molecular formula is C19H20N4O2. The Labute approximate surface area is 146 Å². The third-order valence-electron chi connectivity index (χ3n) is 4.50. The summed E-state index contributed by atoms with van der Waals surface area (Å²) in [5.41, 5.74) is 6.94. The molecule has 25 heavy (non-hydrogen) atoms. The molecule has 1 N–H and O–H groups in total. The van der Waals surface area contributed by atoms with E-state index in [1.807, 2.05) is 19.2 Å². The number of likely N-dealkylation sites (N-methyl/N-ethyl adjacent to an activating group) is 1. The van der Waals surface area contributed by atoms with E-state index in [9.17, 15) is 10.1 Å². The molecule has 0 bridgehead atoms. The summed E-state index contributed by atoms with van der Waals surface area (Å²) in [6.07, 6.45) is 3.64. The van der Waals surface area contributed by atoms with Crippen molar-refractivity contribution in [2.24, 2.45) is 5.10 Å². The van der Waals surface area contributed by atoms with E-state index in [1.54, 1.807) is 18.3 Å². The summed E-state index contributed by atoms with van der Waals surface area (Å²) in [5, 5.41) is 15.0. The van der Waals surface area contributed by atoms with E-state index in [1.165, 1.54) is 23.4 Å². The third-order valence-corrected chi connectivity index (χ3v) is 4.50. The van der Waals surface area contributed by atoms with Crippen molar-refractivity contribution in [3.8, 4) is 0 Å². The molecular weight excluding hydrogens is 316 g/mol. The normalized spacial score (nSPS) is 17.1. The summed E-state index contributed by atoms with van der Waals surface area (Å²) >= 11 is 0. The molecule has 0 atom stereocenters. The highest BCUT2D eigenvalue weighted by molar-refractivity contribution is 5.79. The van der Waals surface area contributed by atoms with Gasteiger partial charge in [-0.25, -0.2) is 0 Å². The van der Waals surface area contributed by atoms with Crippen molar-refractivity contribution < 1.29 is 4.92 Å². The van der Waals surface area contributed by atoms with Crippen LogP contribution in [-0.4, -0.2) is 18.2 Å². The second-order valence-electron chi connectivity index (χ2n) is 6.45. The number of nitrogens with one attached hydrogen (secondary N) is 1. The van der Waals surface area contributed by atoms with E-state index in [4.69, 9.17) is 0 Å². The predicted molar refractivity (Wildman–Crippen MR) is 101 cm³/mol. The molecule has 6 nitrogen and oxygen atoms in total. The highest BCUT2D eigenvalue weighted by Crippen LogP contribution is 2.46. The van der Waals surface area contributed by atoms with Crippen LogP contribution in [0.5, 0.6) is 0 Å². The summed E-state index contributed by atoms with van der Waals surface area (Å²) in [6.45, 7) is 4.37. The summed E-state index contributed by atoms with van der Waals surface area (Å²) in [5.74, 6) is 0. The van der Waals surface area contributed by atoms with Gasteiger partial charge >= 0.3 is 0 Å². The zero-order valence-corrected chi connectivity index (χ0v) is 14.4. The van der Waals surface area contributed by atoms with Gasteiger partial charge in [0, 0.05) is 42.2 Å². The lowest BCUT2D eigenvalue weighted by Crippen LogP contribution is -2.23. The number of anilines is 2. The van der Waals surface area contributed by atoms with Gasteiger partial charge in [0.05, 0.1) is 10.6 Å². The average molecular weight is 336 g/mol. The van der Waals surface area contributed by atoms with Gasteiger partial charge in [0.2, 0.25) is 0 Å². The van der Waals surface area contributed by atoms with Crippen LogP contribution in [-0.2, 0) is 5.41 Å². The molecule has 6 heteroatoms. The summed E-state index contributed by atoms with van der Waals surface area (Å²) in [6, 6.07) is 14.6. The minimum Gasteiger partial charge on any atom is -0.347 e. The number of fused-ring (bicyclic) bond motifs is 1. The lowest BCUT2D eigenvalue weighted by atomic mass is 9.84. The summed E-state index contributed by atoms with van der Waals surface area (Å²) in [4.78, 5) is 12.5. The van der Waals surface area contributed by atoms with Crippen molar-refractivity contribution >= 4 is 23.3 Å². The lowest BCUT2D eigenvalue weighted by Gasteiger charge is -2.23. The predicted octanol–water partition coefficient (Wildman–Crippen LogP) is 4.30. The van der Waals surface area contributed by atoms with Crippen LogP contribution in [0, 0.1) is 10.1 Å². The van der Waals surface area contributed by atoms with E-state index in [0.29, 0.717) is 5.69 Å². The number of benzene rings is 2. The molecule has 0 radical (unpaired) electrons. The van der Waals surface area contributed by atoms with Crippen LogP contribution in [0.25, 0.3) is 0 Å². The van der Waals surface area contributed by atoms with E-state index < -0.39 is 4.92 Å². The fraction of sp³-hybridized carbons (Fsp3) is 0.211. The van der Waals surface area contributed by atoms with E-state index in [-0.39, 0.29) is 11.1 Å². The molecule has 2 aromatic rings. The largest absolute Gasteiger partial charge is 0.347 e. The first-order valence-electron chi connectivity index (χ1n) is 7.99. The Hall–Kier alpha value is -3.15. The SMILES string of the molecule is CN1C(=CC=NNc2cccc([N+](=O)[O-])c2)C(C)(C)c2ccccc21. The molecule has 0 aliphatic carbocycles. The number of hydrazone groups is 1. The highest BCUT2D eigenvalue weighted by atomic mass is 16.6. The van der Waals surface area contributed by atoms with Gasteiger partial charge in [-0.05, 0) is 23.8 Å². The van der Waals surface area contributed by atoms with Crippen molar-refractivity contribution in [1.29, 1.82) is 0 Å². The van der Waals surface area contributed by atoms with Gasteiger partial charge in [-0.2, -0.15) is 5.10 Å². The Morgan fingerprint density at radius 2 is 1.96 bits per heavy atom. The van der Waals surface area contributed by atoms with Crippen molar-refractivity contribution in [3.05, 3.63) is 76.0 Å². The second-order valence-corrected chi connectivity index (χ2v) is 6.45. The standard InChI is InChI=1S/C19H20N4O2/c1-19(2)16-9-4-5-10-17(16)22(3)18(19)11-12-20-21-14-7-6-8-15(13-14)23(24)25/h4-13,21H,1-3H3. The quantitative estimate of drug-likeness (QED) is 0.513. The van der Waals surface area contributed by atoms with Gasteiger partial charge in [-0.1, -0.05) is 38.1 Å². The molecule has 1 aliphatic heterocycles. The molecule has 0 aromatic heterocycles. The average Bonchev–Trinajstić information content (AvgIpc) is 2.79. The maximum Gasteiger partial charge on any atom is 0.271 e. The Balaban J connectivity index is 1.77. The number of rotatable bonds is 4. The Morgan fingerprint density at radius 3 is 2.68 bits per heavy atom. The van der Waals surface area contributed by atoms with E-state index >= 15 is 0 Å². The van der Waals surface area contributed by atoms with Crippen LogP contribution in [0.4, 0.5) is 17.1 Å². The number of non-ortho nitro benzene ring substituents is 1. The smallest absolute Gasteiger partial charge is 0.271 e. The van der Waals surface area contributed by atoms with Crippen LogP contribution in [0.3, 0.4) is 0 Å². The second kappa shape index (κ2) is 6.39. The molecule has 1 heterocycles. The lowest BCUT2D eigenvalue weighted by molar-refractivity contribution is -0.384. The van der Waals surface area contributed by atoms with Gasteiger partial charge in [0.1, 0.15) is 0 Å². The molecule has 3 rings (SSSR count). The molecule has 0 saturated carbocycles. The Bertz CT molecular complexity index is 871. The first-order chi connectivity index (χ1) is 11.9. The molecule has 2 aromatic carbocycles. The minimum atomic E-state index is -0.426. The van der Waals surface area contributed by atoms with Crippen LogP contribution in [0.1, 0.15) is 19.4 Å². The number of allylic oxidation sites excluding steroid dienone is 2. The molecule has 128 valence electrons. The van der Waals surface area contributed by atoms with E-state index in [0.717, 1.165) is 5.70 Å². The van der Waals surface area contributed by atoms with Crippen molar-refractivity contribution in [3.63, 3.8) is 0 Å². The molecule has 1 aliphatic rings. The van der Waals surface area contributed by atoms with Crippen LogP contribution < -0.4 is 10.3 Å². The molecule has 0 unspecified atom stereocenters.